The first-order valence-corrected chi connectivity index (χ1v) is 13.1. The fraction of sp³-hybridized carbons (Fsp3) is 0.696. The second-order valence-corrected chi connectivity index (χ2v) is 12.0. The van der Waals surface area contributed by atoms with Gasteiger partial charge < -0.3 is 9.84 Å². The summed E-state index contributed by atoms with van der Waals surface area (Å²) in [6.45, 7) is 6.34. The molecule has 2 saturated heterocycles. The molecule has 1 aromatic rings. The molecule has 1 N–H and O–H groups in total. The summed E-state index contributed by atoms with van der Waals surface area (Å²) in [5.41, 5.74) is -0.276. The second-order valence-electron chi connectivity index (χ2n) is 10.1. The number of aliphatic hydroxyl groups excluding tert-OH is 1. The van der Waals surface area contributed by atoms with Crippen LogP contribution in [-0.4, -0.2) is 65.9 Å². The Hall–Kier alpha value is -1.71. The summed E-state index contributed by atoms with van der Waals surface area (Å²) in [6.07, 6.45) is 3.23. The Labute approximate surface area is 190 Å². The van der Waals surface area contributed by atoms with Crippen molar-refractivity contribution in [2.75, 3.05) is 19.3 Å². The molecule has 0 unspecified atom stereocenters. The molecular weight excluding hydrogens is 435 g/mol. The summed E-state index contributed by atoms with van der Waals surface area (Å²) in [6, 6.07) is 5.08. The van der Waals surface area contributed by atoms with Gasteiger partial charge in [-0.3, -0.25) is 4.90 Å². The lowest BCUT2D eigenvalue weighted by molar-refractivity contribution is -0.00757. The van der Waals surface area contributed by atoms with E-state index in [0.717, 1.165) is 12.8 Å². The van der Waals surface area contributed by atoms with Crippen molar-refractivity contribution in [2.45, 2.75) is 76.7 Å². The molecule has 2 heterocycles. The zero-order valence-corrected chi connectivity index (χ0v) is 20.1. The molecule has 4 atom stereocenters. The van der Waals surface area contributed by atoms with Crippen LogP contribution in [0.2, 0.25) is 0 Å². The molecule has 0 radical (unpaired) electrons. The van der Waals surface area contributed by atoms with Gasteiger partial charge in [0.1, 0.15) is 11.4 Å². The Morgan fingerprint density at radius 3 is 2.62 bits per heavy atom. The van der Waals surface area contributed by atoms with E-state index in [2.05, 4.69) is 0 Å². The molecule has 2 fully saturated rings. The van der Waals surface area contributed by atoms with Crippen molar-refractivity contribution in [3.05, 3.63) is 35.6 Å². The first-order chi connectivity index (χ1) is 14.8. The van der Waals surface area contributed by atoms with Gasteiger partial charge in [0.05, 0.1) is 18.4 Å². The number of aliphatic hydroxyl groups is 1. The molecule has 0 spiro atoms. The summed E-state index contributed by atoms with van der Waals surface area (Å²) in [5, 5.41) is 11.0. The standard InChI is InChI=1S/C23H35FN2O5S/c1-23(2,3)31-22(28)26-19(13-16-7-6-12-25(15-16)32(4,29)30)10-11-20(26)21(27)17-8-5-9-18(24)14-17/h5,8-9,14,16,19-21,27H,6-7,10-13,15H2,1-4H3/t16-,19-,20+,21-/m0/s1. The molecule has 0 saturated carbocycles. The molecule has 2 aliphatic heterocycles. The molecular formula is C23H35FN2O5S. The number of amides is 1. The number of rotatable bonds is 5. The lowest BCUT2D eigenvalue weighted by atomic mass is 9.91. The second kappa shape index (κ2) is 9.65. The maximum absolute atomic E-state index is 13.7. The number of carbonyl (C=O) groups excluding carboxylic acids is 1. The van der Waals surface area contributed by atoms with Crippen LogP contribution in [0.3, 0.4) is 0 Å². The minimum atomic E-state index is -3.26. The highest BCUT2D eigenvalue weighted by Gasteiger charge is 2.44. The number of hydrogen-bond acceptors (Lipinski definition) is 5. The van der Waals surface area contributed by atoms with Gasteiger partial charge >= 0.3 is 6.09 Å². The largest absolute Gasteiger partial charge is 0.444 e. The van der Waals surface area contributed by atoms with E-state index in [1.54, 1.807) is 37.8 Å². The number of halogens is 1. The van der Waals surface area contributed by atoms with Crippen molar-refractivity contribution in [3.8, 4) is 0 Å². The van der Waals surface area contributed by atoms with Gasteiger partial charge in [-0.2, -0.15) is 0 Å². The van der Waals surface area contributed by atoms with Crippen molar-refractivity contribution >= 4 is 16.1 Å². The summed E-state index contributed by atoms with van der Waals surface area (Å²) >= 11 is 0. The normalized spacial score (nSPS) is 26.2. The molecule has 2 aliphatic rings. The van der Waals surface area contributed by atoms with Crippen LogP contribution < -0.4 is 0 Å². The van der Waals surface area contributed by atoms with Gasteiger partial charge in [-0.1, -0.05) is 12.1 Å². The van der Waals surface area contributed by atoms with Crippen LogP contribution in [0.5, 0.6) is 0 Å². The van der Waals surface area contributed by atoms with Gasteiger partial charge in [0, 0.05) is 19.1 Å². The van der Waals surface area contributed by atoms with Gasteiger partial charge in [-0.15, -0.1) is 0 Å². The Morgan fingerprint density at radius 1 is 1.28 bits per heavy atom. The van der Waals surface area contributed by atoms with E-state index in [9.17, 15) is 22.7 Å². The summed E-state index contributed by atoms with van der Waals surface area (Å²) in [5.74, 6) is -0.318. The van der Waals surface area contributed by atoms with Crippen molar-refractivity contribution in [2.24, 2.45) is 5.92 Å². The lowest BCUT2D eigenvalue weighted by Gasteiger charge is -2.37. The Kier molecular flexibility index (Phi) is 7.51. The predicted molar refractivity (Wildman–Crippen MR) is 120 cm³/mol. The summed E-state index contributed by atoms with van der Waals surface area (Å²) in [4.78, 5) is 14.8. The van der Waals surface area contributed by atoms with Crippen LogP contribution in [0.25, 0.3) is 0 Å². The fourth-order valence-corrected chi connectivity index (χ4v) is 5.81. The maximum Gasteiger partial charge on any atom is 0.410 e. The minimum Gasteiger partial charge on any atom is -0.444 e. The van der Waals surface area contributed by atoms with E-state index < -0.39 is 39.7 Å². The Morgan fingerprint density at radius 2 is 2.00 bits per heavy atom. The third kappa shape index (κ3) is 6.20. The highest BCUT2D eigenvalue weighted by Crippen LogP contribution is 2.38. The first-order valence-electron chi connectivity index (χ1n) is 11.2. The average molecular weight is 471 g/mol. The van der Waals surface area contributed by atoms with Gasteiger partial charge in [0.15, 0.2) is 0 Å². The zero-order chi connectivity index (χ0) is 23.7. The molecule has 9 heteroatoms. The topological polar surface area (TPSA) is 87.2 Å². The predicted octanol–water partition coefficient (Wildman–Crippen LogP) is 3.69. The van der Waals surface area contributed by atoms with Gasteiger partial charge in [-0.05, 0) is 76.5 Å². The molecule has 0 aromatic heterocycles. The number of carbonyl (C=O) groups is 1. The number of nitrogens with zero attached hydrogens (tertiary/aromatic N) is 2. The smallest absolute Gasteiger partial charge is 0.410 e. The van der Waals surface area contributed by atoms with E-state index in [-0.39, 0.29) is 12.0 Å². The van der Waals surface area contributed by atoms with Crippen molar-refractivity contribution in [3.63, 3.8) is 0 Å². The third-order valence-corrected chi connectivity index (χ3v) is 7.53. The van der Waals surface area contributed by atoms with Crippen LogP contribution in [0.4, 0.5) is 9.18 Å². The van der Waals surface area contributed by atoms with Crippen LogP contribution in [0.15, 0.2) is 24.3 Å². The highest BCUT2D eigenvalue weighted by atomic mass is 32.2. The van der Waals surface area contributed by atoms with E-state index in [0.29, 0.717) is 37.9 Å². The number of ether oxygens (including phenoxy) is 1. The number of hydrogen-bond donors (Lipinski definition) is 1. The summed E-state index contributed by atoms with van der Waals surface area (Å²) in [7, 11) is -3.26. The first kappa shape index (κ1) is 24.9. The molecule has 180 valence electrons. The molecule has 0 bridgehead atoms. The van der Waals surface area contributed by atoms with Gasteiger partial charge in [0.2, 0.25) is 10.0 Å². The third-order valence-electron chi connectivity index (χ3n) is 6.26. The van der Waals surface area contributed by atoms with E-state index in [4.69, 9.17) is 4.74 Å². The highest BCUT2D eigenvalue weighted by molar-refractivity contribution is 7.88. The number of likely N-dealkylation sites (tertiary alicyclic amines) is 1. The van der Waals surface area contributed by atoms with E-state index in [1.807, 2.05) is 0 Å². The molecule has 0 aliphatic carbocycles. The number of sulfonamides is 1. The van der Waals surface area contributed by atoms with Crippen LogP contribution in [0, 0.1) is 11.7 Å². The molecule has 7 nitrogen and oxygen atoms in total. The van der Waals surface area contributed by atoms with Crippen LogP contribution >= 0.6 is 0 Å². The fourth-order valence-electron chi connectivity index (χ4n) is 4.87. The lowest BCUT2D eigenvalue weighted by Crippen LogP contribution is -2.48. The molecule has 32 heavy (non-hydrogen) atoms. The number of piperidine rings is 1. The van der Waals surface area contributed by atoms with Gasteiger partial charge in [-0.25, -0.2) is 21.9 Å². The Balaban J connectivity index is 1.81. The SMILES string of the molecule is CC(C)(C)OC(=O)N1[C@H](C[C@@H]2CCCN(S(C)(=O)=O)C2)CC[C@@H]1[C@@H](O)c1cccc(F)c1. The van der Waals surface area contributed by atoms with Crippen LogP contribution in [0.1, 0.15) is 64.5 Å². The number of benzene rings is 1. The molecule has 3 rings (SSSR count). The maximum atomic E-state index is 13.7. The van der Waals surface area contributed by atoms with Crippen LogP contribution in [-0.2, 0) is 14.8 Å². The van der Waals surface area contributed by atoms with E-state index >= 15 is 0 Å². The Bertz CT molecular complexity index is 917. The van der Waals surface area contributed by atoms with Crippen molar-refractivity contribution in [1.29, 1.82) is 0 Å². The summed E-state index contributed by atoms with van der Waals surface area (Å²) < 4.78 is 44.9. The quantitative estimate of drug-likeness (QED) is 0.709. The zero-order valence-electron chi connectivity index (χ0n) is 19.3. The average Bonchev–Trinajstić information content (AvgIpc) is 3.09. The monoisotopic (exact) mass is 470 g/mol. The van der Waals surface area contributed by atoms with Crippen molar-refractivity contribution < 1.29 is 27.4 Å². The van der Waals surface area contributed by atoms with E-state index in [1.165, 1.54) is 22.7 Å². The van der Waals surface area contributed by atoms with Crippen molar-refractivity contribution in [1.82, 2.24) is 9.21 Å². The molecule has 1 amide bonds. The van der Waals surface area contributed by atoms with Gasteiger partial charge in [0.25, 0.3) is 0 Å². The minimum absolute atomic E-state index is 0.124. The molecule has 1 aromatic carbocycles.